The van der Waals surface area contributed by atoms with Gasteiger partial charge in [0.1, 0.15) is 5.75 Å². The van der Waals surface area contributed by atoms with Gasteiger partial charge in [0.05, 0.1) is 5.60 Å². The van der Waals surface area contributed by atoms with Crippen molar-refractivity contribution in [2.75, 3.05) is 13.1 Å². The number of likely N-dealkylation sites (tertiary alicyclic amines) is 1. The van der Waals surface area contributed by atoms with Crippen molar-refractivity contribution in [3.05, 3.63) is 62.7 Å². The van der Waals surface area contributed by atoms with Gasteiger partial charge in [-0.2, -0.15) is 0 Å². The van der Waals surface area contributed by atoms with Crippen LogP contribution in [0.5, 0.6) is 5.75 Å². The van der Waals surface area contributed by atoms with Crippen LogP contribution in [0, 0.1) is 9.49 Å². The van der Waals surface area contributed by atoms with Crippen molar-refractivity contribution in [3.8, 4) is 5.75 Å². The number of carbonyl (C=O) groups is 1. The monoisotopic (exact) mass is 558 g/mol. The first kappa shape index (κ1) is 21.9. The van der Waals surface area contributed by atoms with E-state index in [1.807, 2.05) is 36.4 Å². The number of aliphatic hydroxyl groups is 1. The lowest BCUT2D eigenvalue weighted by Gasteiger charge is -2.65. The van der Waals surface area contributed by atoms with Gasteiger partial charge in [-0.15, -0.1) is 0 Å². The van der Waals surface area contributed by atoms with E-state index in [0.29, 0.717) is 18.4 Å². The zero-order valence-electron chi connectivity index (χ0n) is 18.8. The maximum absolute atomic E-state index is 13.0. The van der Waals surface area contributed by atoms with Crippen LogP contribution >= 0.6 is 22.6 Å². The van der Waals surface area contributed by atoms with E-state index in [1.165, 1.54) is 18.4 Å². The predicted molar refractivity (Wildman–Crippen MR) is 135 cm³/mol. The van der Waals surface area contributed by atoms with E-state index in [2.05, 4.69) is 32.8 Å². The molecule has 3 N–H and O–H groups in total. The molecule has 1 heterocycles. The van der Waals surface area contributed by atoms with Gasteiger partial charge in [-0.25, -0.2) is 0 Å². The molecular formula is C27H31IN2O3. The minimum Gasteiger partial charge on any atom is -0.508 e. The number of benzene rings is 2. The highest BCUT2D eigenvalue weighted by atomic mass is 127. The third kappa shape index (κ3) is 3.60. The van der Waals surface area contributed by atoms with Gasteiger partial charge in [0.2, 0.25) is 0 Å². The average molecular weight is 558 g/mol. The maximum Gasteiger partial charge on any atom is 0.251 e. The summed E-state index contributed by atoms with van der Waals surface area (Å²) < 4.78 is 1.04. The van der Waals surface area contributed by atoms with Crippen molar-refractivity contribution >= 4 is 28.5 Å². The minimum absolute atomic E-state index is 0.000395. The molecule has 3 fully saturated rings. The van der Waals surface area contributed by atoms with Gasteiger partial charge in [-0.3, -0.25) is 9.69 Å². The fourth-order valence-electron chi connectivity index (χ4n) is 6.97. The minimum atomic E-state index is -0.829. The molecule has 2 saturated carbocycles. The van der Waals surface area contributed by atoms with Crippen molar-refractivity contribution in [2.24, 2.45) is 5.92 Å². The van der Waals surface area contributed by atoms with E-state index in [1.54, 1.807) is 6.07 Å². The lowest BCUT2D eigenvalue weighted by molar-refractivity contribution is -0.170. The molecule has 6 heteroatoms. The smallest absolute Gasteiger partial charge is 0.251 e. The Bertz CT molecular complexity index is 1100. The lowest BCUT2D eigenvalue weighted by Crippen LogP contribution is -2.74. The summed E-state index contributed by atoms with van der Waals surface area (Å²) >= 11 is 2.23. The number of nitrogens with zero attached hydrogens (tertiary/aromatic N) is 1. The molecule has 174 valence electrons. The largest absolute Gasteiger partial charge is 0.508 e. The Morgan fingerprint density at radius 3 is 2.79 bits per heavy atom. The molecule has 4 atom stereocenters. The number of rotatable bonds is 4. The Morgan fingerprint density at radius 1 is 1.15 bits per heavy atom. The number of hydrogen-bond acceptors (Lipinski definition) is 4. The zero-order valence-corrected chi connectivity index (χ0v) is 20.9. The van der Waals surface area contributed by atoms with Crippen LogP contribution in [-0.2, 0) is 11.8 Å². The van der Waals surface area contributed by atoms with Crippen LogP contribution in [-0.4, -0.2) is 51.8 Å². The summed E-state index contributed by atoms with van der Waals surface area (Å²) in [4.78, 5) is 15.6. The number of aromatic hydroxyl groups is 1. The maximum atomic E-state index is 13.0. The SMILES string of the molecule is O=C(N[C@@H]1CC[C@@]2(O)C3Cc4ccc(O)cc4[C@@]2(CCN3CC2CC2)C1)c1cccc(I)c1. The number of phenolic OH excluding ortho intramolecular Hbond substituents is 1. The van der Waals surface area contributed by atoms with E-state index in [9.17, 15) is 15.0 Å². The van der Waals surface area contributed by atoms with Crippen LogP contribution in [0.3, 0.4) is 0 Å². The van der Waals surface area contributed by atoms with Crippen molar-refractivity contribution in [1.29, 1.82) is 0 Å². The summed E-state index contributed by atoms with van der Waals surface area (Å²) in [5, 5.41) is 26.0. The van der Waals surface area contributed by atoms with Gasteiger partial charge in [-0.05, 0) is 121 Å². The number of piperidine rings is 1. The number of nitrogens with one attached hydrogen (secondary N) is 1. The van der Waals surface area contributed by atoms with Crippen molar-refractivity contribution in [2.45, 2.75) is 68.0 Å². The van der Waals surface area contributed by atoms with Crippen molar-refractivity contribution < 1.29 is 15.0 Å². The molecular weight excluding hydrogens is 527 g/mol. The number of fused-ring (bicyclic) bond motifs is 1. The summed E-state index contributed by atoms with van der Waals surface area (Å²) in [6.07, 6.45) is 6.47. The van der Waals surface area contributed by atoms with Gasteiger partial charge in [-0.1, -0.05) is 12.1 Å². The summed E-state index contributed by atoms with van der Waals surface area (Å²) in [6, 6.07) is 13.5. The van der Waals surface area contributed by atoms with Gasteiger partial charge in [0, 0.05) is 33.2 Å². The average Bonchev–Trinajstić information content (AvgIpc) is 3.61. The standard InChI is InChI=1S/C27H31IN2O3/c28-20-3-1-2-19(12-20)25(32)29-21-8-9-27(33)24-13-18-6-7-22(31)14-23(18)26(27,15-21)10-11-30(24)16-17-4-5-17/h1-3,6-7,12,14,17,21,24,31,33H,4-5,8-11,13,15-16H2,(H,29,32)/t21-,24?,26-,27-/m1/s1. The van der Waals surface area contributed by atoms with E-state index < -0.39 is 11.0 Å². The van der Waals surface area contributed by atoms with Crippen LogP contribution in [0.1, 0.15) is 60.0 Å². The molecule has 6 rings (SSSR count). The Kier molecular flexibility index (Phi) is 5.27. The summed E-state index contributed by atoms with van der Waals surface area (Å²) in [5.74, 6) is 0.996. The molecule has 1 unspecified atom stereocenters. The van der Waals surface area contributed by atoms with Crippen molar-refractivity contribution in [1.82, 2.24) is 10.2 Å². The van der Waals surface area contributed by atoms with Crippen LogP contribution < -0.4 is 5.32 Å². The molecule has 33 heavy (non-hydrogen) atoms. The Morgan fingerprint density at radius 2 is 2.00 bits per heavy atom. The second-order valence-electron chi connectivity index (χ2n) is 10.7. The molecule has 3 aliphatic carbocycles. The Hall–Kier alpha value is -1.64. The molecule has 0 radical (unpaired) electrons. The predicted octanol–water partition coefficient (Wildman–Crippen LogP) is 3.99. The number of amides is 1. The fourth-order valence-corrected chi connectivity index (χ4v) is 7.52. The van der Waals surface area contributed by atoms with Gasteiger partial charge in [0.15, 0.2) is 0 Å². The highest BCUT2D eigenvalue weighted by Gasteiger charge is 2.64. The molecule has 1 amide bonds. The summed E-state index contributed by atoms with van der Waals surface area (Å²) in [5.41, 5.74) is 1.75. The number of halogens is 1. The molecule has 2 aromatic carbocycles. The number of phenols is 1. The molecule has 2 bridgehead atoms. The first-order valence-corrected chi connectivity index (χ1v) is 13.3. The van der Waals surface area contributed by atoms with E-state index >= 15 is 0 Å². The second-order valence-corrected chi connectivity index (χ2v) is 11.9. The van der Waals surface area contributed by atoms with Gasteiger partial charge < -0.3 is 15.5 Å². The van der Waals surface area contributed by atoms with Gasteiger partial charge in [0.25, 0.3) is 5.91 Å². The van der Waals surface area contributed by atoms with Crippen molar-refractivity contribution in [3.63, 3.8) is 0 Å². The lowest BCUT2D eigenvalue weighted by atomic mass is 9.49. The third-order valence-corrected chi connectivity index (χ3v) is 9.42. The quantitative estimate of drug-likeness (QED) is 0.497. The molecule has 0 aromatic heterocycles. The van der Waals surface area contributed by atoms with Crippen LogP contribution in [0.15, 0.2) is 42.5 Å². The Balaban J connectivity index is 1.34. The number of carbonyl (C=O) groups excluding carboxylic acids is 1. The summed E-state index contributed by atoms with van der Waals surface area (Å²) in [7, 11) is 0. The van der Waals surface area contributed by atoms with E-state index in [0.717, 1.165) is 47.4 Å². The Labute approximate surface area is 208 Å². The second kappa shape index (κ2) is 7.95. The van der Waals surface area contributed by atoms with E-state index in [-0.39, 0.29) is 23.7 Å². The first-order valence-electron chi connectivity index (χ1n) is 12.2. The molecule has 5 nitrogen and oxygen atoms in total. The van der Waals surface area contributed by atoms with E-state index in [4.69, 9.17) is 0 Å². The topological polar surface area (TPSA) is 72.8 Å². The molecule has 4 aliphatic rings. The molecule has 2 aromatic rings. The zero-order chi connectivity index (χ0) is 22.8. The third-order valence-electron chi connectivity index (χ3n) is 8.75. The molecule has 0 spiro atoms. The molecule has 1 saturated heterocycles. The highest BCUT2D eigenvalue weighted by molar-refractivity contribution is 14.1. The highest BCUT2D eigenvalue weighted by Crippen LogP contribution is 2.58. The van der Waals surface area contributed by atoms with Crippen LogP contribution in [0.25, 0.3) is 0 Å². The summed E-state index contributed by atoms with van der Waals surface area (Å²) in [6.45, 7) is 2.05. The van der Waals surface area contributed by atoms with Crippen LogP contribution in [0.4, 0.5) is 0 Å². The van der Waals surface area contributed by atoms with Gasteiger partial charge >= 0.3 is 0 Å². The fraction of sp³-hybridized carbons (Fsp3) is 0.519. The first-order chi connectivity index (χ1) is 15.9. The normalized spacial score (nSPS) is 33.2. The number of hydrogen-bond donors (Lipinski definition) is 3. The molecule has 1 aliphatic heterocycles. The van der Waals surface area contributed by atoms with Crippen LogP contribution in [0.2, 0.25) is 0 Å².